The first-order valence-electron chi connectivity index (χ1n) is 5.59. The van der Waals surface area contributed by atoms with Crippen LogP contribution in [0, 0.1) is 0 Å². The second kappa shape index (κ2) is 8.62. The van der Waals surface area contributed by atoms with Gasteiger partial charge in [0.15, 0.2) is 0 Å². The van der Waals surface area contributed by atoms with E-state index in [9.17, 15) is 8.76 Å². The number of aryl methyl sites for hydroxylation is 1. The fourth-order valence-electron chi connectivity index (χ4n) is 1.58. The average molecular weight is 280 g/mol. The molecule has 0 fully saturated rings. The van der Waals surface area contributed by atoms with Gasteiger partial charge in [0.25, 0.3) is 0 Å². The maximum Gasteiger partial charge on any atom is 1.00 e. The summed E-state index contributed by atoms with van der Waals surface area (Å²) in [5, 5.41) is 0. The van der Waals surface area contributed by atoms with Crippen molar-refractivity contribution in [1.82, 2.24) is 0 Å². The summed E-state index contributed by atoms with van der Waals surface area (Å²) in [6.45, 7) is 2.18. The third-order valence-electron chi connectivity index (χ3n) is 2.53. The van der Waals surface area contributed by atoms with E-state index >= 15 is 0 Å². The van der Waals surface area contributed by atoms with Crippen LogP contribution in [0.2, 0.25) is 0 Å². The molecular formula is C12H17NaO2S2. The maximum absolute atomic E-state index is 11.1. The Balaban J connectivity index is 0.00000256. The second-order valence-corrected chi connectivity index (χ2v) is 6.60. The van der Waals surface area contributed by atoms with Crippen molar-refractivity contribution in [3.63, 3.8) is 0 Å². The van der Waals surface area contributed by atoms with E-state index in [-0.39, 0.29) is 34.5 Å². The average Bonchev–Trinajstić information content (AvgIpc) is 2.24. The number of hydrogen-bond acceptors (Lipinski definition) is 3. The molecule has 0 N–H and O–H groups in total. The van der Waals surface area contributed by atoms with Crippen molar-refractivity contribution in [3.8, 4) is 0 Å². The minimum atomic E-state index is -3.47. The van der Waals surface area contributed by atoms with E-state index in [1.54, 1.807) is 12.1 Å². The van der Waals surface area contributed by atoms with Crippen molar-refractivity contribution in [3.05, 3.63) is 29.8 Å². The summed E-state index contributed by atoms with van der Waals surface area (Å²) in [5.41, 5.74) is 1.18. The number of rotatable bonds is 6. The Morgan fingerprint density at radius 2 is 1.76 bits per heavy atom. The van der Waals surface area contributed by atoms with Gasteiger partial charge in [0.1, 0.15) is 0 Å². The van der Waals surface area contributed by atoms with Crippen molar-refractivity contribution in [2.24, 2.45) is 0 Å². The third-order valence-corrected chi connectivity index (χ3v) is 3.96. The van der Waals surface area contributed by atoms with E-state index in [1.165, 1.54) is 24.8 Å². The van der Waals surface area contributed by atoms with E-state index in [0.29, 0.717) is 0 Å². The van der Waals surface area contributed by atoms with Gasteiger partial charge in [-0.2, -0.15) is 0 Å². The molecule has 0 amide bonds. The fourth-order valence-corrected chi connectivity index (χ4v) is 2.38. The molecule has 1 aromatic rings. The van der Waals surface area contributed by atoms with Crippen LogP contribution in [0.15, 0.2) is 29.2 Å². The van der Waals surface area contributed by atoms with E-state index in [2.05, 4.69) is 18.1 Å². The van der Waals surface area contributed by atoms with Crippen LogP contribution in [-0.4, -0.2) is 8.76 Å². The van der Waals surface area contributed by atoms with Crippen molar-refractivity contribution >= 4 is 20.0 Å². The predicted octanol–water partition coefficient (Wildman–Crippen LogP) is 0.0490. The predicted molar refractivity (Wildman–Crippen MR) is 68.8 cm³/mol. The maximum atomic E-state index is 11.1. The van der Waals surface area contributed by atoms with Gasteiger partial charge in [-0.15, -0.1) is 0 Å². The van der Waals surface area contributed by atoms with Crippen molar-refractivity contribution in [1.29, 1.82) is 0 Å². The quantitative estimate of drug-likeness (QED) is 0.546. The molecule has 5 heteroatoms. The summed E-state index contributed by atoms with van der Waals surface area (Å²) in [6, 6.07) is 6.89. The van der Waals surface area contributed by atoms with Gasteiger partial charge in [-0.3, -0.25) is 4.21 Å². The summed E-state index contributed by atoms with van der Waals surface area (Å²) in [4.78, 5) is 0.222. The van der Waals surface area contributed by atoms with Crippen molar-refractivity contribution in [2.45, 2.75) is 43.9 Å². The van der Waals surface area contributed by atoms with E-state index < -0.39 is 8.77 Å². The normalized spacial score (nSPS) is 13.8. The Bertz CT molecular complexity index is 413. The van der Waals surface area contributed by atoms with Crippen LogP contribution in [-0.2, 0) is 26.4 Å². The topological polar surface area (TPSA) is 40.1 Å². The molecule has 0 aromatic heterocycles. The van der Waals surface area contributed by atoms with Crippen molar-refractivity contribution < 1.29 is 38.3 Å². The first-order valence-corrected chi connectivity index (χ1v) is 7.99. The molecule has 0 bridgehead atoms. The molecule has 0 aliphatic heterocycles. The minimum Gasteiger partial charge on any atom is -0.766 e. The third kappa shape index (κ3) is 6.89. The molecule has 1 aromatic carbocycles. The van der Waals surface area contributed by atoms with Gasteiger partial charge < -0.3 is 4.55 Å². The molecule has 0 spiro atoms. The molecule has 0 aliphatic carbocycles. The zero-order valence-electron chi connectivity index (χ0n) is 10.5. The number of benzene rings is 1. The molecule has 0 radical (unpaired) electrons. The Labute approximate surface area is 131 Å². The molecule has 1 atom stereocenters. The monoisotopic (exact) mass is 280 g/mol. The van der Waals surface area contributed by atoms with Gasteiger partial charge in [-0.1, -0.05) is 38.3 Å². The second-order valence-electron chi connectivity index (χ2n) is 3.91. The van der Waals surface area contributed by atoms with Crippen LogP contribution < -0.4 is 29.6 Å². The standard InChI is InChI=1S/C12H18O2S2.Na/c1-2-3-4-5-6-11-7-9-12(10-8-11)16(13,14)15;/h7-10H,2-6H2,1H3,(H,13,14,15);/q;+1/p-1. The number of unbranched alkanes of at least 4 members (excludes halogenated alkanes) is 3. The van der Waals surface area contributed by atoms with Gasteiger partial charge in [-0.25, -0.2) is 0 Å². The Hall–Kier alpha value is 0.550. The van der Waals surface area contributed by atoms with Crippen LogP contribution in [0.3, 0.4) is 0 Å². The van der Waals surface area contributed by atoms with Gasteiger partial charge in [-0.05, 0) is 50.5 Å². The number of hydrogen-bond donors (Lipinski definition) is 0. The van der Waals surface area contributed by atoms with Gasteiger partial charge >= 0.3 is 29.6 Å². The van der Waals surface area contributed by atoms with Gasteiger partial charge in [0, 0.05) is 4.90 Å². The van der Waals surface area contributed by atoms with Gasteiger partial charge in [0.05, 0.1) is 0 Å². The van der Waals surface area contributed by atoms with Crippen LogP contribution in [0.1, 0.15) is 38.2 Å². The Morgan fingerprint density at radius 3 is 2.24 bits per heavy atom. The van der Waals surface area contributed by atoms with Crippen molar-refractivity contribution in [2.75, 3.05) is 0 Å². The first-order chi connectivity index (χ1) is 7.54. The molecule has 1 rings (SSSR count). The fraction of sp³-hybridized carbons (Fsp3) is 0.500. The van der Waals surface area contributed by atoms with E-state index in [1.807, 2.05) is 12.1 Å². The zero-order chi connectivity index (χ0) is 12.0. The van der Waals surface area contributed by atoms with Crippen LogP contribution in [0.5, 0.6) is 0 Å². The largest absolute Gasteiger partial charge is 1.00 e. The van der Waals surface area contributed by atoms with Crippen LogP contribution in [0.25, 0.3) is 0 Å². The molecular weight excluding hydrogens is 263 g/mol. The SMILES string of the molecule is CCCCCCc1ccc(S(=O)([O-])=S)cc1.[Na+]. The smallest absolute Gasteiger partial charge is 0.766 e. The zero-order valence-corrected chi connectivity index (χ0v) is 14.1. The summed E-state index contributed by atoms with van der Waals surface area (Å²) < 4.78 is 22.1. The minimum absolute atomic E-state index is 0. The summed E-state index contributed by atoms with van der Waals surface area (Å²) in [5.74, 6) is 0. The van der Waals surface area contributed by atoms with Crippen LogP contribution >= 0.6 is 0 Å². The first kappa shape index (κ1) is 17.6. The molecule has 17 heavy (non-hydrogen) atoms. The molecule has 0 saturated heterocycles. The molecule has 1 unspecified atom stereocenters. The molecule has 90 valence electrons. The molecule has 0 saturated carbocycles. The summed E-state index contributed by atoms with van der Waals surface area (Å²) in [7, 11) is -3.47. The van der Waals surface area contributed by atoms with Gasteiger partial charge in [0.2, 0.25) is 0 Å². The summed E-state index contributed by atoms with van der Waals surface area (Å²) >= 11 is 4.39. The van der Waals surface area contributed by atoms with E-state index in [4.69, 9.17) is 0 Å². The molecule has 0 heterocycles. The van der Waals surface area contributed by atoms with E-state index in [0.717, 1.165) is 12.8 Å². The van der Waals surface area contributed by atoms with Crippen LogP contribution in [0.4, 0.5) is 0 Å². The summed E-state index contributed by atoms with van der Waals surface area (Å²) in [6.07, 6.45) is 5.90. The Morgan fingerprint density at radius 1 is 1.18 bits per heavy atom. The molecule has 2 nitrogen and oxygen atoms in total. The molecule has 0 aliphatic rings. The Kier molecular flexibility index (Phi) is 8.90.